The van der Waals surface area contributed by atoms with E-state index in [1.54, 1.807) is 24.3 Å². The fourth-order valence-corrected chi connectivity index (χ4v) is 3.05. The molecule has 4 rings (SSSR count). The molecule has 0 aliphatic rings. The molecule has 146 valence electrons. The summed E-state index contributed by atoms with van der Waals surface area (Å²) in [6.45, 7) is 0. The molecule has 0 saturated carbocycles. The molecular formula is C18H11Cl2N5O4. The quantitative estimate of drug-likeness (QED) is 0.407. The van der Waals surface area contributed by atoms with Crippen LogP contribution in [0.3, 0.4) is 0 Å². The normalized spacial score (nSPS) is 10.8. The molecular weight excluding hydrogens is 421 g/mol. The topological polar surface area (TPSA) is 136 Å². The van der Waals surface area contributed by atoms with Crippen molar-refractivity contribution in [3.8, 4) is 17.5 Å². The fourth-order valence-electron chi connectivity index (χ4n) is 2.52. The molecule has 2 aromatic heterocycles. The van der Waals surface area contributed by atoms with E-state index in [2.05, 4.69) is 20.3 Å². The predicted molar refractivity (Wildman–Crippen MR) is 108 cm³/mol. The largest absolute Gasteiger partial charge is 0.507 e. The highest BCUT2D eigenvalue weighted by Gasteiger charge is 2.11. The van der Waals surface area contributed by atoms with Crippen LogP contribution in [0.5, 0.6) is 17.5 Å². The summed E-state index contributed by atoms with van der Waals surface area (Å²) >= 11 is 12.0. The first-order chi connectivity index (χ1) is 13.9. The maximum atomic E-state index is 11.4. The molecule has 11 heteroatoms. The molecule has 2 aromatic carbocycles. The smallest absolute Gasteiger partial charge is 0.339 e. The van der Waals surface area contributed by atoms with Crippen LogP contribution >= 0.6 is 23.2 Å². The minimum Gasteiger partial charge on any atom is -0.507 e. The van der Waals surface area contributed by atoms with Gasteiger partial charge in [0.25, 0.3) is 0 Å². The summed E-state index contributed by atoms with van der Waals surface area (Å²) in [4.78, 5) is 23.5. The van der Waals surface area contributed by atoms with Crippen LogP contribution in [0.1, 0.15) is 0 Å². The molecule has 0 fully saturated rings. The number of halogens is 2. The van der Waals surface area contributed by atoms with Crippen molar-refractivity contribution in [1.82, 2.24) is 15.0 Å². The molecule has 0 atom stereocenters. The van der Waals surface area contributed by atoms with Crippen LogP contribution in [0.2, 0.25) is 10.0 Å². The lowest BCUT2D eigenvalue weighted by atomic mass is 10.2. The fraction of sp³-hybridized carbons (Fsp3) is 0. The van der Waals surface area contributed by atoms with Gasteiger partial charge in [0.05, 0.1) is 11.5 Å². The number of hydrogen-bond acceptors (Lipinski definition) is 9. The Hall–Kier alpha value is -3.56. The van der Waals surface area contributed by atoms with Crippen molar-refractivity contribution < 1.29 is 14.3 Å². The maximum absolute atomic E-state index is 11.4. The van der Waals surface area contributed by atoms with Gasteiger partial charge in [-0.1, -0.05) is 23.2 Å². The van der Waals surface area contributed by atoms with E-state index in [1.807, 2.05) is 0 Å². The minimum atomic E-state index is -0.691. The highest BCUT2D eigenvalue weighted by atomic mass is 35.5. The Morgan fingerprint density at radius 2 is 1.79 bits per heavy atom. The molecule has 0 amide bonds. The zero-order valence-electron chi connectivity index (χ0n) is 14.4. The number of ether oxygens (including phenoxy) is 1. The number of benzene rings is 2. The Bertz CT molecular complexity index is 1270. The Morgan fingerprint density at radius 3 is 2.55 bits per heavy atom. The second-order valence-corrected chi connectivity index (χ2v) is 6.67. The van der Waals surface area contributed by atoms with Crippen LogP contribution in [0.25, 0.3) is 11.0 Å². The molecule has 0 radical (unpaired) electrons. The first-order valence-electron chi connectivity index (χ1n) is 8.05. The molecule has 2 heterocycles. The van der Waals surface area contributed by atoms with E-state index < -0.39 is 5.63 Å². The summed E-state index contributed by atoms with van der Waals surface area (Å²) in [5, 5.41) is 13.9. The summed E-state index contributed by atoms with van der Waals surface area (Å²) < 4.78 is 10.7. The highest BCUT2D eigenvalue weighted by molar-refractivity contribution is 6.35. The zero-order valence-corrected chi connectivity index (χ0v) is 15.9. The van der Waals surface area contributed by atoms with Gasteiger partial charge in [0.15, 0.2) is 0 Å². The van der Waals surface area contributed by atoms with Crippen molar-refractivity contribution in [2.24, 2.45) is 0 Å². The van der Waals surface area contributed by atoms with E-state index in [-0.39, 0.29) is 35.0 Å². The third-order valence-electron chi connectivity index (χ3n) is 3.65. The molecule has 0 spiro atoms. The number of nitrogens with one attached hydrogen (secondary N) is 1. The second-order valence-electron chi connectivity index (χ2n) is 5.79. The van der Waals surface area contributed by atoms with E-state index in [0.717, 1.165) is 6.07 Å². The number of rotatable bonds is 4. The van der Waals surface area contributed by atoms with Gasteiger partial charge in [0, 0.05) is 21.8 Å². The maximum Gasteiger partial charge on any atom is 0.339 e. The van der Waals surface area contributed by atoms with Gasteiger partial charge in [0.2, 0.25) is 11.9 Å². The zero-order chi connectivity index (χ0) is 20.5. The van der Waals surface area contributed by atoms with E-state index in [4.69, 9.17) is 38.1 Å². The van der Waals surface area contributed by atoms with Crippen molar-refractivity contribution in [2.75, 3.05) is 11.1 Å². The first kappa shape index (κ1) is 18.8. The van der Waals surface area contributed by atoms with Crippen molar-refractivity contribution in [1.29, 1.82) is 0 Å². The summed E-state index contributed by atoms with van der Waals surface area (Å²) in [7, 11) is 0. The first-order valence-corrected chi connectivity index (χ1v) is 8.81. The molecule has 4 aromatic rings. The number of fused-ring (bicyclic) bond motifs is 1. The lowest BCUT2D eigenvalue weighted by Crippen LogP contribution is -2.05. The van der Waals surface area contributed by atoms with Gasteiger partial charge in [0.1, 0.15) is 17.1 Å². The molecule has 9 nitrogen and oxygen atoms in total. The van der Waals surface area contributed by atoms with Gasteiger partial charge < -0.3 is 25.3 Å². The monoisotopic (exact) mass is 431 g/mol. The Labute approximate surface area is 172 Å². The van der Waals surface area contributed by atoms with Crippen molar-refractivity contribution >= 4 is 51.8 Å². The number of nitrogens with zero attached hydrogens (tertiary/aromatic N) is 3. The average Bonchev–Trinajstić information content (AvgIpc) is 2.59. The average molecular weight is 432 g/mol. The van der Waals surface area contributed by atoms with E-state index in [0.29, 0.717) is 21.1 Å². The lowest BCUT2D eigenvalue weighted by molar-refractivity contribution is 0.439. The molecule has 0 saturated heterocycles. The van der Waals surface area contributed by atoms with Crippen molar-refractivity contribution in [3.63, 3.8) is 0 Å². The van der Waals surface area contributed by atoms with Gasteiger partial charge in [-0.25, -0.2) is 4.79 Å². The Kier molecular flexibility index (Phi) is 4.83. The summed E-state index contributed by atoms with van der Waals surface area (Å²) in [6.07, 6.45) is 0. The number of aromatic hydroxyl groups is 1. The van der Waals surface area contributed by atoms with Crippen LogP contribution < -0.4 is 21.4 Å². The third kappa shape index (κ3) is 4.31. The van der Waals surface area contributed by atoms with Crippen molar-refractivity contribution in [2.45, 2.75) is 0 Å². The molecule has 0 aliphatic heterocycles. The van der Waals surface area contributed by atoms with Gasteiger partial charge in [-0.2, -0.15) is 15.0 Å². The van der Waals surface area contributed by atoms with Crippen LogP contribution in [0, 0.1) is 0 Å². The summed E-state index contributed by atoms with van der Waals surface area (Å²) in [6, 6.07) is 10.2. The third-order valence-corrected chi connectivity index (χ3v) is 4.09. The van der Waals surface area contributed by atoms with Gasteiger partial charge in [-0.05, 0) is 30.3 Å². The van der Waals surface area contributed by atoms with Gasteiger partial charge >= 0.3 is 11.6 Å². The number of nitrogen functional groups attached to an aromatic ring is 1. The Morgan fingerprint density at radius 1 is 1.03 bits per heavy atom. The summed E-state index contributed by atoms with van der Waals surface area (Å²) in [5.74, 6) is 0.0823. The van der Waals surface area contributed by atoms with Crippen molar-refractivity contribution in [3.05, 3.63) is 62.9 Å². The number of nitrogens with two attached hydrogens (primary N) is 1. The van der Waals surface area contributed by atoms with Crippen LogP contribution in [-0.4, -0.2) is 20.1 Å². The van der Waals surface area contributed by atoms with Gasteiger partial charge in [-0.15, -0.1) is 0 Å². The number of anilines is 3. The minimum absolute atomic E-state index is 0.0874. The molecule has 0 aliphatic carbocycles. The lowest BCUT2D eigenvalue weighted by Gasteiger charge is -2.09. The molecule has 4 N–H and O–H groups in total. The molecule has 29 heavy (non-hydrogen) atoms. The van der Waals surface area contributed by atoms with E-state index in [9.17, 15) is 9.90 Å². The van der Waals surface area contributed by atoms with Crippen LogP contribution in [-0.2, 0) is 0 Å². The SMILES string of the molecule is Nc1nc(Nc2cc(Cl)cc(Cl)c2)nc(Oc2ccc3c(O)cc(=O)oc3c2)n1. The van der Waals surface area contributed by atoms with Crippen LogP contribution in [0.15, 0.2) is 51.7 Å². The highest BCUT2D eigenvalue weighted by Crippen LogP contribution is 2.29. The predicted octanol–water partition coefficient (Wildman–Crippen LogP) is 4.11. The van der Waals surface area contributed by atoms with E-state index in [1.165, 1.54) is 12.1 Å². The molecule has 0 unspecified atom stereocenters. The Balaban J connectivity index is 1.64. The van der Waals surface area contributed by atoms with E-state index >= 15 is 0 Å². The number of aromatic nitrogens is 3. The second kappa shape index (κ2) is 7.46. The molecule has 0 bridgehead atoms. The number of hydrogen-bond donors (Lipinski definition) is 3. The van der Waals surface area contributed by atoms with Gasteiger partial charge in [-0.3, -0.25) is 0 Å². The standard InChI is InChI=1S/C18H11Cl2N5O4/c19-8-3-9(20)5-10(4-8)22-17-23-16(21)24-18(25-17)28-11-1-2-12-13(26)7-15(27)29-14(12)6-11/h1-7,26H,(H3,21,22,23,24,25). The summed E-state index contributed by atoms with van der Waals surface area (Å²) in [5.41, 5.74) is 5.72. The van der Waals surface area contributed by atoms with Crippen LogP contribution in [0.4, 0.5) is 17.6 Å².